The van der Waals surface area contributed by atoms with Crippen LogP contribution in [0.2, 0.25) is 0 Å². The van der Waals surface area contributed by atoms with Gasteiger partial charge in [-0.3, -0.25) is 4.79 Å². The van der Waals surface area contributed by atoms with Gasteiger partial charge >= 0.3 is 121 Å². The number of carboxylic acids is 1. The summed E-state index contributed by atoms with van der Waals surface area (Å²) in [6.45, 7) is 1.97. The van der Waals surface area contributed by atoms with Gasteiger partial charge in [0.1, 0.15) is 0 Å². The number of hydrogen-bond donors (Lipinski definition) is 0. The summed E-state index contributed by atoms with van der Waals surface area (Å²) in [5, 5.41) is 12.3. The Morgan fingerprint density at radius 2 is 0.809 bits per heavy atom. The number of ketones is 1. The molecule has 0 N–H and O–H groups in total. The van der Waals surface area contributed by atoms with Crippen molar-refractivity contribution in [2.24, 2.45) is 11.8 Å². The molecule has 0 amide bonds. The fourth-order valence-corrected chi connectivity index (χ4v) is 14.9. The van der Waals surface area contributed by atoms with E-state index < -0.39 is 37.6 Å². The fourth-order valence-electron chi connectivity index (χ4n) is 7.50. The van der Waals surface area contributed by atoms with E-state index in [1.807, 2.05) is 67.6 Å². The van der Waals surface area contributed by atoms with Gasteiger partial charge < -0.3 is 9.90 Å². The molecule has 2 atom stereocenters. The third-order valence-corrected chi connectivity index (χ3v) is 17.3. The van der Waals surface area contributed by atoms with Gasteiger partial charge in [-0.2, -0.15) is 0 Å². The zero-order valence-corrected chi connectivity index (χ0v) is 29.0. The predicted octanol–water partition coefficient (Wildman–Crippen LogP) is 5.65. The van der Waals surface area contributed by atoms with Crippen molar-refractivity contribution in [1.82, 2.24) is 0 Å². The quantitative estimate of drug-likeness (QED) is 0.165. The van der Waals surface area contributed by atoms with Crippen LogP contribution in [0.3, 0.4) is 0 Å². The van der Waals surface area contributed by atoms with Crippen molar-refractivity contribution >= 4 is 42.3 Å². The van der Waals surface area contributed by atoms with E-state index in [-0.39, 0.29) is 17.6 Å². The molecule has 9 rings (SSSR count). The molecule has 0 spiro atoms. The zero-order chi connectivity index (χ0) is 32.3. The van der Waals surface area contributed by atoms with Crippen LogP contribution < -0.4 is 15.8 Å². The second kappa shape index (κ2) is 13.5. The van der Waals surface area contributed by atoms with Crippen molar-refractivity contribution in [3.8, 4) is 0 Å². The van der Waals surface area contributed by atoms with Crippen LogP contribution in [0.15, 0.2) is 164 Å². The molecule has 0 heterocycles. The molecular weight excluding hydrogens is 683 g/mol. The van der Waals surface area contributed by atoms with Gasteiger partial charge in [-0.25, -0.2) is 0 Å². The standard InChI is InChI=1S/C25H20O3.3C6H5.Sn/c1-14-10-12-15(13-11-14)24(26)22-20-16-6-2-4-8-18(16)21(23(22)25(27)28)19-9-5-3-7-17(19)20;3*1-2-4-6-5-3-1;/h2-13,20-23H,1H3,(H,27,28);3*1-5H;/q;;;;+1/p-1/t20?,21?,22-,23-;;;;/m1..../s1. The topological polar surface area (TPSA) is 57.2 Å². The maximum atomic E-state index is 13.5. The molecule has 4 heteroatoms. The summed E-state index contributed by atoms with van der Waals surface area (Å²) < 4.78 is 4.59. The minimum atomic E-state index is -1.98. The van der Waals surface area contributed by atoms with E-state index >= 15 is 0 Å². The van der Waals surface area contributed by atoms with Crippen LogP contribution >= 0.6 is 0 Å². The van der Waals surface area contributed by atoms with Gasteiger partial charge in [-0.05, 0) is 29.2 Å². The molecular formula is C43H34O3Sn. The molecule has 228 valence electrons. The molecule has 0 radical (unpaired) electrons. The number of aliphatic carboxylic acids is 1. The molecule has 3 aliphatic carbocycles. The molecule has 0 saturated carbocycles. The molecule has 0 unspecified atom stereocenters. The second-order valence-electron chi connectivity index (χ2n) is 12.3. The second-order valence-corrected chi connectivity index (χ2v) is 19.4. The first-order valence-corrected chi connectivity index (χ1v) is 20.3. The first-order chi connectivity index (χ1) is 23.0. The number of carbonyl (C=O) groups is 2. The summed E-state index contributed by atoms with van der Waals surface area (Å²) in [5.41, 5.74) is 5.77. The van der Waals surface area contributed by atoms with Gasteiger partial charge in [0.2, 0.25) is 0 Å². The molecule has 0 aromatic heterocycles. The first-order valence-electron chi connectivity index (χ1n) is 16.1. The SMILES string of the molecule is Cc1ccc(C(=O)[C@@H]2C3c4ccccc4C(c4ccccc43)[C@H]2C(=O)[O-])cc1.c1cc[c]([Sn+]([c]2ccccc2)[c]2ccccc2)cc1. The number of carbonyl (C=O) groups excluding carboxylic acids is 2. The minimum absolute atomic E-state index is 0.117. The van der Waals surface area contributed by atoms with Gasteiger partial charge in [0, 0.05) is 35.2 Å². The van der Waals surface area contributed by atoms with Gasteiger partial charge in [-0.15, -0.1) is 0 Å². The summed E-state index contributed by atoms with van der Waals surface area (Å²) in [4.78, 5) is 25.8. The van der Waals surface area contributed by atoms with E-state index in [9.17, 15) is 14.7 Å². The molecule has 3 aliphatic rings. The Labute approximate surface area is 283 Å². The van der Waals surface area contributed by atoms with Crippen molar-refractivity contribution in [3.05, 3.63) is 197 Å². The van der Waals surface area contributed by atoms with Crippen LogP contribution in [0.5, 0.6) is 0 Å². The van der Waals surface area contributed by atoms with Crippen LogP contribution in [0.4, 0.5) is 0 Å². The number of benzene rings is 6. The van der Waals surface area contributed by atoms with Gasteiger partial charge in [-0.1, -0.05) is 78.4 Å². The number of aryl methyl sites for hydroxylation is 1. The predicted molar refractivity (Wildman–Crippen MR) is 188 cm³/mol. The Kier molecular flexibility index (Phi) is 8.90. The number of hydrogen-bond acceptors (Lipinski definition) is 3. The summed E-state index contributed by atoms with van der Waals surface area (Å²) >= 11 is -1.98. The molecule has 2 bridgehead atoms. The van der Waals surface area contributed by atoms with Crippen LogP contribution in [0.25, 0.3) is 0 Å². The Hall–Kier alpha value is -4.74. The van der Waals surface area contributed by atoms with Gasteiger partial charge in [0.25, 0.3) is 0 Å². The molecule has 0 fully saturated rings. The van der Waals surface area contributed by atoms with E-state index in [4.69, 9.17) is 0 Å². The monoisotopic (exact) mass is 718 g/mol. The van der Waals surface area contributed by atoms with Crippen molar-refractivity contribution < 1.29 is 14.7 Å². The van der Waals surface area contributed by atoms with Crippen molar-refractivity contribution in [1.29, 1.82) is 0 Å². The Morgan fingerprint density at radius 3 is 1.17 bits per heavy atom. The molecule has 0 aliphatic heterocycles. The van der Waals surface area contributed by atoms with Gasteiger partial charge in [0.15, 0.2) is 5.78 Å². The molecule has 6 aromatic carbocycles. The average molecular weight is 717 g/mol. The molecule has 6 aromatic rings. The van der Waals surface area contributed by atoms with E-state index in [2.05, 4.69) is 91.0 Å². The van der Waals surface area contributed by atoms with Crippen molar-refractivity contribution in [2.75, 3.05) is 0 Å². The Bertz CT molecular complexity index is 1860. The normalized spacial score (nSPS) is 18.6. The van der Waals surface area contributed by atoms with Crippen molar-refractivity contribution in [2.45, 2.75) is 18.8 Å². The van der Waals surface area contributed by atoms with Crippen LogP contribution in [-0.2, 0) is 4.79 Å². The van der Waals surface area contributed by atoms with E-state index in [0.29, 0.717) is 5.56 Å². The number of fused-ring (bicyclic) bond motifs is 1. The van der Waals surface area contributed by atoms with Crippen molar-refractivity contribution in [3.63, 3.8) is 0 Å². The Balaban J connectivity index is 0.000000161. The number of Topliss-reactive ketones (excluding diaryl/α,β-unsaturated/α-hetero) is 1. The third-order valence-electron chi connectivity index (χ3n) is 9.54. The molecule has 47 heavy (non-hydrogen) atoms. The number of rotatable bonds is 6. The molecule has 3 nitrogen and oxygen atoms in total. The number of carboxylic acid groups (broad SMARTS) is 1. The van der Waals surface area contributed by atoms with E-state index in [0.717, 1.165) is 27.8 Å². The van der Waals surface area contributed by atoms with Crippen LogP contribution in [0.1, 0.15) is 50.0 Å². The van der Waals surface area contributed by atoms with Gasteiger partial charge in [0.05, 0.1) is 0 Å². The summed E-state index contributed by atoms with van der Waals surface area (Å²) in [6, 6.07) is 56.2. The first kappa shape index (κ1) is 30.9. The molecule has 0 saturated heterocycles. The van der Waals surface area contributed by atoms with E-state index in [1.165, 1.54) is 10.7 Å². The maximum absolute atomic E-state index is 13.5. The van der Waals surface area contributed by atoms with E-state index in [1.54, 1.807) is 12.1 Å². The summed E-state index contributed by atoms with van der Waals surface area (Å²) in [5.74, 6) is -3.43. The Morgan fingerprint density at radius 1 is 0.468 bits per heavy atom. The van der Waals surface area contributed by atoms with Crippen LogP contribution in [0, 0.1) is 18.8 Å². The average Bonchev–Trinajstić information content (AvgIpc) is 3.13. The fraction of sp³-hybridized carbons (Fsp3) is 0.116. The summed E-state index contributed by atoms with van der Waals surface area (Å²) in [6.07, 6.45) is 0. The summed E-state index contributed by atoms with van der Waals surface area (Å²) in [7, 11) is 0. The zero-order valence-electron chi connectivity index (χ0n) is 26.1. The third kappa shape index (κ3) is 5.96. The van der Waals surface area contributed by atoms with Crippen LogP contribution in [-0.4, -0.2) is 31.5 Å².